The van der Waals surface area contributed by atoms with Crippen LogP contribution in [0.1, 0.15) is 24.1 Å². The molecule has 2 aromatic carbocycles. The largest absolute Gasteiger partial charge is 0.497 e. The van der Waals surface area contributed by atoms with E-state index in [1.807, 2.05) is 44.2 Å². The highest BCUT2D eigenvalue weighted by Crippen LogP contribution is 2.29. The van der Waals surface area contributed by atoms with E-state index in [1.54, 1.807) is 25.0 Å². The molecule has 0 spiro atoms. The van der Waals surface area contributed by atoms with Gasteiger partial charge in [0.2, 0.25) is 0 Å². The number of tetrazole rings is 1. The lowest BCUT2D eigenvalue weighted by Gasteiger charge is -2.19. The first-order valence-corrected chi connectivity index (χ1v) is 8.65. The predicted molar refractivity (Wildman–Crippen MR) is 104 cm³/mol. The third kappa shape index (κ3) is 4.20. The fraction of sp³-hybridized carbons (Fsp3) is 0.263. The molecular formula is C19H22N6O3. The van der Waals surface area contributed by atoms with Gasteiger partial charge in [-0.3, -0.25) is 0 Å². The Morgan fingerprint density at radius 3 is 2.61 bits per heavy atom. The van der Waals surface area contributed by atoms with Gasteiger partial charge in [-0.2, -0.15) is 0 Å². The molecule has 3 aromatic rings. The van der Waals surface area contributed by atoms with Crippen LogP contribution in [0.5, 0.6) is 11.5 Å². The number of benzene rings is 2. The Balaban J connectivity index is 1.69. The van der Waals surface area contributed by atoms with Crippen molar-refractivity contribution in [2.45, 2.75) is 19.9 Å². The molecule has 0 saturated heterocycles. The first kappa shape index (κ1) is 19.2. The topological polar surface area (TPSA) is 103 Å². The average molecular weight is 382 g/mol. The predicted octanol–water partition coefficient (Wildman–Crippen LogP) is 2.87. The Hall–Kier alpha value is -3.62. The monoisotopic (exact) mass is 382 g/mol. The van der Waals surface area contributed by atoms with Gasteiger partial charge in [-0.1, -0.05) is 0 Å². The van der Waals surface area contributed by atoms with Crippen molar-refractivity contribution in [1.29, 1.82) is 0 Å². The van der Waals surface area contributed by atoms with Crippen LogP contribution < -0.4 is 20.1 Å². The van der Waals surface area contributed by atoms with Crippen molar-refractivity contribution in [2.24, 2.45) is 0 Å². The quantitative estimate of drug-likeness (QED) is 0.679. The second-order valence-corrected chi connectivity index (χ2v) is 6.18. The minimum atomic E-state index is -0.327. The normalized spacial score (nSPS) is 11.6. The van der Waals surface area contributed by atoms with Crippen LogP contribution in [-0.2, 0) is 0 Å². The summed E-state index contributed by atoms with van der Waals surface area (Å²) >= 11 is 0. The molecule has 1 heterocycles. The molecule has 0 saturated carbocycles. The van der Waals surface area contributed by atoms with Crippen molar-refractivity contribution in [3.8, 4) is 17.2 Å². The van der Waals surface area contributed by atoms with Crippen molar-refractivity contribution in [3.63, 3.8) is 0 Å². The Labute approximate surface area is 162 Å². The van der Waals surface area contributed by atoms with Gasteiger partial charge in [0, 0.05) is 11.3 Å². The lowest BCUT2D eigenvalue weighted by atomic mass is 10.1. The zero-order valence-corrected chi connectivity index (χ0v) is 16.1. The highest BCUT2D eigenvalue weighted by atomic mass is 16.5. The number of methoxy groups -OCH3 is 2. The summed E-state index contributed by atoms with van der Waals surface area (Å²) in [7, 11) is 3.19. The molecule has 0 aliphatic heterocycles. The smallest absolute Gasteiger partial charge is 0.319 e. The van der Waals surface area contributed by atoms with Crippen LogP contribution in [0, 0.1) is 6.92 Å². The average Bonchev–Trinajstić information content (AvgIpc) is 3.21. The highest BCUT2D eigenvalue weighted by Gasteiger charge is 2.15. The molecule has 0 bridgehead atoms. The second-order valence-electron chi connectivity index (χ2n) is 6.18. The van der Waals surface area contributed by atoms with E-state index in [1.165, 1.54) is 6.33 Å². The number of anilines is 1. The third-order valence-electron chi connectivity index (χ3n) is 4.30. The maximum Gasteiger partial charge on any atom is 0.319 e. The fourth-order valence-electron chi connectivity index (χ4n) is 2.88. The molecule has 1 atom stereocenters. The van der Waals surface area contributed by atoms with Gasteiger partial charge in [0.05, 0.1) is 25.9 Å². The molecule has 9 heteroatoms. The SMILES string of the molecule is COc1ccc(OC)c(C(C)NC(=O)Nc2ccc(-n3cnnn3)c(C)c2)c1. The van der Waals surface area contributed by atoms with Gasteiger partial charge >= 0.3 is 6.03 Å². The minimum absolute atomic E-state index is 0.286. The number of rotatable bonds is 6. The number of amides is 2. The van der Waals surface area contributed by atoms with Crippen LogP contribution in [0.3, 0.4) is 0 Å². The zero-order chi connectivity index (χ0) is 20.1. The Morgan fingerprint density at radius 2 is 1.96 bits per heavy atom. The van der Waals surface area contributed by atoms with Crippen molar-refractivity contribution in [1.82, 2.24) is 25.5 Å². The number of hydrogen-bond acceptors (Lipinski definition) is 6. The van der Waals surface area contributed by atoms with E-state index in [0.717, 1.165) is 16.8 Å². The van der Waals surface area contributed by atoms with Gasteiger partial charge in [0.15, 0.2) is 0 Å². The van der Waals surface area contributed by atoms with Gasteiger partial charge in [0.1, 0.15) is 17.8 Å². The van der Waals surface area contributed by atoms with Crippen LogP contribution in [0.15, 0.2) is 42.7 Å². The molecule has 0 fully saturated rings. The number of urea groups is 1. The maximum atomic E-state index is 12.4. The number of ether oxygens (including phenoxy) is 2. The van der Waals surface area contributed by atoms with Crippen LogP contribution in [0.25, 0.3) is 5.69 Å². The Bertz CT molecular complexity index is 958. The van der Waals surface area contributed by atoms with E-state index in [0.29, 0.717) is 17.2 Å². The number of nitrogens with zero attached hydrogens (tertiary/aromatic N) is 4. The van der Waals surface area contributed by atoms with Gasteiger partial charge in [-0.05, 0) is 66.2 Å². The summed E-state index contributed by atoms with van der Waals surface area (Å²) in [6.45, 7) is 3.80. The van der Waals surface area contributed by atoms with Crippen molar-refractivity contribution >= 4 is 11.7 Å². The fourth-order valence-corrected chi connectivity index (χ4v) is 2.88. The van der Waals surface area contributed by atoms with Gasteiger partial charge < -0.3 is 20.1 Å². The molecule has 146 valence electrons. The standard InChI is InChI=1S/C19H22N6O3/c1-12-9-14(5-7-17(12)25-11-20-23-24-25)22-19(26)21-13(2)16-10-15(27-3)6-8-18(16)28-4/h5-11,13H,1-4H3,(H2,21,22,26). The number of carbonyl (C=O) groups excluding carboxylic acids is 1. The molecule has 3 rings (SSSR count). The van der Waals surface area contributed by atoms with E-state index in [9.17, 15) is 4.79 Å². The van der Waals surface area contributed by atoms with E-state index in [4.69, 9.17) is 9.47 Å². The van der Waals surface area contributed by atoms with Gasteiger partial charge in [-0.15, -0.1) is 5.10 Å². The molecule has 0 radical (unpaired) electrons. The number of hydrogen-bond donors (Lipinski definition) is 2. The minimum Gasteiger partial charge on any atom is -0.497 e. The molecule has 0 aliphatic carbocycles. The highest BCUT2D eigenvalue weighted by molar-refractivity contribution is 5.89. The van der Waals surface area contributed by atoms with E-state index in [2.05, 4.69) is 26.2 Å². The molecule has 2 N–H and O–H groups in total. The van der Waals surface area contributed by atoms with Crippen molar-refractivity contribution in [3.05, 3.63) is 53.9 Å². The molecule has 1 aromatic heterocycles. The molecule has 0 aliphatic rings. The zero-order valence-electron chi connectivity index (χ0n) is 16.1. The summed E-state index contributed by atoms with van der Waals surface area (Å²) in [4.78, 5) is 12.4. The summed E-state index contributed by atoms with van der Waals surface area (Å²) < 4.78 is 12.2. The first-order chi connectivity index (χ1) is 13.5. The summed E-state index contributed by atoms with van der Waals surface area (Å²) in [5.74, 6) is 1.37. The maximum absolute atomic E-state index is 12.4. The number of aryl methyl sites for hydroxylation is 1. The number of nitrogens with one attached hydrogen (secondary N) is 2. The molecule has 28 heavy (non-hydrogen) atoms. The van der Waals surface area contributed by atoms with E-state index >= 15 is 0 Å². The molecular weight excluding hydrogens is 360 g/mol. The van der Waals surface area contributed by atoms with Crippen LogP contribution in [-0.4, -0.2) is 40.5 Å². The third-order valence-corrected chi connectivity index (χ3v) is 4.30. The summed E-state index contributed by atoms with van der Waals surface area (Å²) in [6, 6.07) is 10.3. The van der Waals surface area contributed by atoms with Gasteiger partial charge in [-0.25, -0.2) is 9.48 Å². The lowest BCUT2D eigenvalue weighted by molar-refractivity contribution is 0.249. The van der Waals surface area contributed by atoms with Crippen LogP contribution >= 0.6 is 0 Å². The molecule has 1 unspecified atom stereocenters. The molecule has 9 nitrogen and oxygen atoms in total. The first-order valence-electron chi connectivity index (χ1n) is 8.65. The summed E-state index contributed by atoms with van der Waals surface area (Å²) in [5, 5.41) is 16.9. The number of aromatic nitrogens is 4. The van der Waals surface area contributed by atoms with Crippen molar-refractivity contribution < 1.29 is 14.3 Å². The van der Waals surface area contributed by atoms with E-state index in [-0.39, 0.29) is 12.1 Å². The van der Waals surface area contributed by atoms with Crippen molar-refractivity contribution in [2.75, 3.05) is 19.5 Å². The second kappa shape index (κ2) is 8.38. The Kier molecular flexibility index (Phi) is 5.73. The van der Waals surface area contributed by atoms with Crippen LogP contribution in [0.4, 0.5) is 10.5 Å². The summed E-state index contributed by atoms with van der Waals surface area (Å²) in [6.07, 6.45) is 1.52. The number of carbonyl (C=O) groups is 1. The van der Waals surface area contributed by atoms with Crippen LogP contribution in [0.2, 0.25) is 0 Å². The van der Waals surface area contributed by atoms with E-state index < -0.39 is 0 Å². The lowest BCUT2D eigenvalue weighted by Crippen LogP contribution is -2.31. The van der Waals surface area contributed by atoms with Gasteiger partial charge in [0.25, 0.3) is 0 Å². The Morgan fingerprint density at radius 1 is 1.14 bits per heavy atom. The molecule has 2 amide bonds. The summed E-state index contributed by atoms with van der Waals surface area (Å²) in [5.41, 5.74) is 3.25.